The van der Waals surface area contributed by atoms with Crippen molar-refractivity contribution < 1.29 is 4.74 Å². The molecule has 188 valence electrons. The van der Waals surface area contributed by atoms with E-state index in [2.05, 4.69) is 43.3 Å². The highest BCUT2D eigenvalue weighted by molar-refractivity contribution is 5.32. The summed E-state index contributed by atoms with van der Waals surface area (Å²) in [5.41, 5.74) is 4.06. The number of benzene rings is 2. The van der Waals surface area contributed by atoms with Crippen LogP contribution in [0.25, 0.3) is 0 Å². The summed E-state index contributed by atoms with van der Waals surface area (Å²) in [5, 5.41) is 0. The second-order valence-corrected chi connectivity index (χ2v) is 4.19. The molecule has 0 N–H and O–H groups in total. The van der Waals surface area contributed by atoms with Crippen LogP contribution < -0.4 is 4.74 Å². The first-order chi connectivity index (χ1) is 10.3. The van der Waals surface area contributed by atoms with Gasteiger partial charge in [-0.05, 0) is 41.7 Å². The van der Waals surface area contributed by atoms with Crippen molar-refractivity contribution in [3.05, 3.63) is 65.2 Å². The van der Waals surface area contributed by atoms with Gasteiger partial charge in [0.05, 0.1) is 7.11 Å². The molecule has 1 nitrogen and oxygen atoms in total. The van der Waals surface area contributed by atoms with Crippen molar-refractivity contribution in [3.8, 4) is 5.75 Å². The molecule has 0 amide bonds. The quantitative estimate of drug-likeness (QED) is 0.468. The van der Waals surface area contributed by atoms with Crippen LogP contribution in [0.1, 0.15) is 118 Å². The summed E-state index contributed by atoms with van der Waals surface area (Å²) in [6.45, 7) is 10.2. The molecule has 30 heavy (non-hydrogen) atoms. The molecule has 0 aliphatic rings. The van der Waals surface area contributed by atoms with Crippen molar-refractivity contribution in [2.45, 2.75) is 114 Å². The zero-order valence-electron chi connectivity index (χ0n) is 14.4. The Morgan fingerprint density at radius 2 is 0.767 bits per heavy atom. The van der Waals surface area contributed by atoms with Gasteiger partial charge in [-0.15, -0.1) is 0 Å². The van der Waals surface area contributed by atoms with Gasteiger partial charge in [0, 0.05) is 0 Å². The Labute approximate surface area is 197 Å². The molecular formula is C29H66O. The Morgan fingerprint density at radius 3 is 1.03 bits per heavy atom. The van der Waals surface area contributed by atoms with Crippen LogP contribution in [0.15, 0.2) is 48.5 Å². The van der Waals surface area contributed by atoms with Crippen molar-refractivity contribution in [1.82, 2.24) is 0 Å². The Balaban J connectivity index is -0.0000000364. The predicted octanol–water partition coefficient (Wildman–Crippen LogP) is 11.6. The minimum Gasteiger partial charge on any atom is -0.497 e. The van der Waals surface area contributed by atoms with Gasteiger partial charge in [-0.1, -0.05) is 138 Å². The number of hydrogen-bond acceptors (Lipinski definition) is 1. The first-order valence-electron chi connectivity index (χ1n) is 8.02. The van der Waals surface area contributed by atoms with Crippen LogP contribution in [0, 0.1) is 0 Å². The molecule has 2 aromatic rings. The molecule has 0 radical (unpaired) electrons. The van der Waals surface area contributed by atoms with E-state index in [4.69, 9.17) is 4.74 Å². The highest BCUT2D eigenvalue weighted by Crippen LogP contribution is 2.15. The zero-order valence-corrected chi connectivity index (χ0v) is 14.4. The Hall–Kier alpha value is -1.76. The average Bonchev–Trinajstić information content (AvgIpc) is 2.60. The first-order valence-corrected chi connectivity index (χ1v) is 8.02. The Kier molecular flexibility index (Phi) is 87.3. The third-order valence-corrected chi connectivity index (χ3v) is 3.00. The van der Waals surface area contributed by atoms with Gasteiger partial charge < -0.3 is 4.74 Å². The number of rotatable bonds is 4. The predicted molar refractivity (Wildman–Crippen MR) is 155 cm³/mol. The third kappa shape index (κ3) is 24.3. The van der Waals surface area contributed by atoms with Gasteiger partial charge in [-0.2, -0.15) is 0 Å². The fourth-order valence-electron chi connectivity index (χ4n) is 1.87. The standard InChI is InChI=1S/C16H18O.2C2H6.9CH4/c1-3-13-4-6-14(7-5-13)12-15-8-10-16(17-2)11-9-15;2*1-2;;;;;;;;;/h4-11H,3,12H2,1-2H3;2*1-2H3;9*1H4. The third-order valence-electron chi connectivity index (χ3n) is 3.00. The van der Waals surface area contributed by atoms with Crippen molar-refractivity contribution in [1.29, 1.82) is 0 Å². The lowest BCUT2D eigenvalue weighted by molar-refractivity contribution is 0.414. The van der Waals surface area contributed by atoms with Crippen molar-refractivity contribution in [2.75, 3.05) is 7.11 Å². The molecule has 0 fully saturated rings. The minimum atomic E-state index is 0. The lowest BCUT2D eigenvalue weighted by atomic mass is 10.0. The molecule has 0 heterocycles. The SMILES string of the molecule is C.C.C.C.C.C.C.C.C.CC.CC.CCc1ccc(Cc2ccc(OC)cc2)cc1. The number of methoxy groups -OCH3 is 1. The van der Waals surface area contributed by atoms with Crippen LogP contribution in [-0.4, -0.2) is 7.11 Å². The van der Waals surface area contributed by atoms with Crippen LogP contribution in [0.3, 0.4) is 0 Å². The highest BCUT2D eigenvalue weighted by atomic mass is 16.5. The van der Waals surface area contributed by atoms with Crippen molar-refractivity contribution in [2.24, 2.45) is 0 Å². The van der Waals surface area contributed by atoms with Crippen molar-refractivity contribution in [3.63, 3.8) is 0 Å². The number of hydrogen-bond donors (Lipinski definition) is 0. The smallest absolute Gasteiger partial charge is 0.118 e. The summed E-state index contributed by atoms with van der Waals surface area (Å²) in [5.74, 6) is 0.912. The van der Waals surface area contributed by atoms with E-state index in [9.17, 15) is 0 Å². The molecule has 0 unspecified atom stereocenters. The minimum absolute atomic E-state index is 0. The van der Waals surface area contributed by atoms with Crippen LogP contribution >= 0.6 is 0 Å². The van der Waals surface area contributed by atoms with E-state index in [0.717, 1.165) is 18.6 Å². The maximum atomic E-state index is 5.15. The molecule has 0 saturated heterocycles. The maximum absolute atomic E-state index is 5.15. The van der Waals surface area contributed by atoms with E-state index in [1.54, 1.807) is 7.11 Å². The molecule has 2 aromatic carbocycles. The van der Waals surface area contributed by atoms with Gasteiger partial charge in [0.1, 0.15) is 5.75 Å². The maximum Gasteiger partial charge on any atom is 0.118 e. The topological polar surface area (TPSA) is 9.23 Å². The molecule has 1 heteroatoms. The van der Waals surface area contributed by atoms with Crippen LogP contribution in [-0.2, 0) is 12.8 Å². The molecule has 0 spiro atoms. The second-order valence-electron chi connectivity index (χ2n) is 4.19. The summed E-state index contributed by atoms with van der Waals surface area (Å²) >= 11 is 0. The molecule has 0 aliphatic carbocycles. The lowest BCUT2D eigenvalue weighted by Gasteiger charge is -2.05. The van der Waals surface area contributed by atoms with E-state index in [1.165, 1.54) is 16.7 Å². The first kappa shape index (κ1) is 63.0. The molecule has 2 rings (SSSR count). The molecule has 0 saturated carbocycles. The Bertz CT molecular complexity index is 409. The molecular weight excluding hydrogens is 364 g/mol. The molecule has 0 aliphatic heterocycles. The van der Waals surface area contributed by atoms with Gasteiger partial charge in [-0.3, -0.25) is 0 Å². The van der Waals surface area contributed by atoms with Crippen LogP contribution in [0.5, 0.6) is 5.75 Å². The number of aryl methyl sites for hydroxylation is 1. The Morgan fingerprint density at radius 1 is 0.500 bits per heavy atom. The normalized spacial score (nSPS) is 6.20. The van der Waals surface area contributed by atoms with E-state index in [0.29, 0.717) is 0 Å². The highest BCUT2D eigenvalue weighted by Gasteiger charge is 1.97. The van der Waals surface area contributed by atoms with Crippen LogP contribution in [0.4, 0.5) is 0 Å². The summed E-state index contributed by atoms with van der Waals surface area (Å²) in [6.07, 6.45) is 2.08. The van der Waals surface area contributed by atoms with Crippen molar-refractivity contribution >= 4 is 0 Å². The molecule has 0 bridgehead atoms. The monoisotopic (exact) mass is 431 g/mol. The largest absolute Gasteiger partial charge is 0.497 e. The summed E-state index contributed by atoms with van der Waals surface area (Å²) in [4.78, 5) is 0. The zero-order chi connectivity index (χ0) is 16.1. The van der Waals surface area contributed by atoms with Gasteiger partial charge >= 0.3 is 0 Å². The van der Waals surface area contributed by atoms with Gasteiger partial charge in [-0.25, -0.2) is 0 Å². The van der Waals surface area contributed by atoms with Gasteiger partial charge in [0.2, 0.25) is 0 Å². The molecule has 0 aromatic heterocycles. The second kappa shape index (κ2) is 41.6. The summed E-state index contributed by atoms with van der Waals surface area (Å²) in [6, 6.07) is 17.1. The number of ether oxygens (including phenoxy) is 1. The summed E-state index contributed by atoms with van der Waals surface area (Å²) in [7, 11) is 1.69. The van der Waals surface area contributed by atoms with Gasteiger partial charge in [0.15, 0.2) is 0 Å². The van der Waals surface area contributed by atoms with E-state index >= 15 is 0 Å². The summed E-state index contributed by atoms with van der Waals surface area (Å²) < 4.78 is 5.15. The van der Waals surface area contributed by atoms with E-state index in [-0.39, 0.29) is 66.8 Å². The fraction of sp³-hybridized carbons (Fsp3) is 0.586. The van der Waals surface area contributed by atoms with E-state index in [1.807, 2.05) is 39.8 Å². The fourth-order valence-corrected chi connectivity index (χ4v) is 1.87. The van der Waals surface area contributed by atoms with E-state index < -0.39 is 0 Å². The lowest BCUT2D eigenvalue weighted by Crippen LogP contribution is -1.89. The van der Waals surface area contributed by atoms with Gasteiger partial charge in [0.25, 0.3) is 0 Å². The average molecular weight is 431 g/mol. The molecule has 0 atom stereocenters. The van der Waals surface area contributed by atoms with Crippen LogP contribution in [0.2, 0.25) is 0 Å².